The molecule has 1 atom stereocenters. The van der Waals surface area contributed by atoms with Crippen LogP contribution in [0.15, 0.2) is 0 Å². The third-order valence-corrected chi connectivity index (χ3v) is 0.941. The van der Waals surface area contributed by atoms with Crippen LogP contribution >= 0.6 is 11.6 Å². The molecule has 6 heteroatoms. The molecule has 0 saturated heterocycles. The van der Waals surface area contributed by atoms with E-state index < -0.39 is 17.5 Å². The van der Waals surface area contributed by atoms with Crippen molar-refractivity contribution in [2.24, 2.45) is 0 Å². The van der Waals surface area contributed by atoms with Crippen LogP contribution in [0.1, 0.15) is 0 Å². The average Bonchev–Trinajstić information content (AvgIpc) is 1.83. The minimum atomic E-state index is -3.97. The monoisotopic (exact) mass is 174 g/mol. The zero-order valence-corrected chi connectivity index (χ0v) is 5.73. The average molecular weight is 175 g/mol. The number of carbonyl (C=O) groups is 1. The Bertz CT molecular complexity index is 133. The van der Waals surface area contributed by atoms with Gasteiger partial charge in [0.05, 0.1) is 7.11 Å². The fourth-order valence-electron chi connectivity index (χ4n) is 0.245. The molecule has 0 radical (unpaired) electrons. The molecule has 0 aliphatic heterocycles. The molecule has 1 N–H and O–H groups in total. The van der Waals surface area contributed by atoms with Gasteiger partial charge in [-0.3, -0.25) is 0 Å². The minimum absolute atomic E-state index is 0.869. The molecule has 0 bridgehead atoms. The Labute approximate surface area is 60.5 Å². The van der Waals surface area contributed by atoms with Gasteiger partial charge in [0.2, 0.25) is 6.10 Å². The molecule has 0 aliphatic rings. The Morgan fingerprint density at radius 3 is 2.30 bits per heavy atom. The zero-order valence-electron chi connectivity index (χ0n) is 4.97. The van der Waals surface area contributed by atoms with Crippen LogP contribution in [0.4, 0.5) is 8.78 Å². The molecular weight excluding hydrogens is 169 g/mol. The lowest BCUT2D eigenvalue weighted by molar-refractivity contribution is -0.162. The van der Waals surface area contributed by atoms with Crippen molar-refractivity contribution >= 4 is 17.6 Å². The second kappa shape index (κ2) is 3.12. The summed E-state index contributed by atoms with van der Waals surface area (Å²) < 4.78 is 27.3. The predicted molar refractivity (Wildman–Crippen MR) is 28.8 cm³/mol. The highest BCUT2D eigenvalue weighted by Gasteiger charge is 2.41. The van der Waals surface area contributed by atoms with Gasteiger partial charge in [-0.05, 0) is 11.6 Å². The molecule has 0 aromatic rings. The molecule has 3 nitrogen and oxygen atoms in total. The fourth-order valence-corrected chi connectivity index (χ4v) is 0.334. The third kappa shape index (κ3) is 2.45. The molecule has 0 fully saturated rings. The molecule has 0 aromatic carbocycles. The van der Waals surface area contributed by atoms with Gasteiger partial charge in [-0.2, -0.15) is 8.78 Å². The number of rotatable bonds is 2. The van der Waals surface area contributed by atoms with Crippen molar-refractivity contribution in [3.63, 3.8) is 0 Å². The topological polar surface area (TPSA) is 46.5 Å². The summed E-state index contributed by atoms with van der Waals surface area (Å²) in [6.07, 6.45) is -2.60. The zero-order chi connectivity index (χ0) is 8.36. The number of hydrogen-bond donors (Lipinski definition) is 1. The van der Waals surface area contributed by atoms with E-state index in [-0.39, 0.29) is 0 Å². The first-order valence-corrected chi connectivity index (χ1v) is 2.60. The lowest BCUT2D eigenvalue weighted by atomic mass is 10.4. The lowest BCUT2D eigenvalue weighted by Gasteiger charge is -2.12. The van der Waals surface area contributed by atoms with Gasteiger partial charge in [-0.1, -0.05) is 0 Å². The molecule has 1 unspecified atom stereocenters. The molecule has 0 spiro atoms. The number of ether oxygens (including phenoxy) is 1. The summed E-state index contributed by atoms with van der Waals surface area (Å²) in [4.78, 5) is 10.1. The predicted octanol–water partition coefficient (Wildman–Crippen LogP) is 0.352. The highest BCUT2D eigenvalue weighted by atomic mass is 35.5. The highest BCUT2D eigenvalue weighted by molar-refractivity contribution is 6.23. The maximum absolute atomic E-state index is 11.8. The van der Waals surface area contributed by atoms with Gasteiger partial charge >= 0.3 is 11.4 Å². The SMILES string of the molecule is COC(=O)C(O)C(F)(F)Cl. The Morgan fingerprint density at radius 2 is 2.20 bits per heavy atom. The number of aliphatic hydroxyl groups excluding tert-OH is 1. The van der Waals surface area contributed by atoms with E-state index in [2.05, 4.69) is 16.3 Å². The molecule has 10 heavy (non-hydrogen) atoms. The van der Waals surface area contributed by atoms with Crippen molar-refractivity contribution in [3.8, 4) is 0 Å². The van der Waals surface area contributed by atoms with E-state index >= 15 is 0 Å². The van der Waals surface area contributed by atoms with E-state index in [0.717, 1.165) is 7.11 Å². The minimum Gasteiger partial charge on any atom is -0.467 e. The van der Waals surface area contributed by atoms with Crippen molar-refractivity contribution in [1.82, 2.24) is 0 Å². The summed E-state index contributed by atoms with van der Waals surface area (Å²) in [5.41, 5.74) is 0. The van der Waals surface area contributed by atoms with Crippen LogP contribution in [0.25, 0.3) is 0 Å². The fraction of sp³-hybridized carbons (Fsp3) is 0.750. The number of esters is 1. The van der Waals surface area contributed by atoms with Crippen LogP contribution in [0.2, 0.25) is 0 Å². The van der Waals surface area contributed by atoms with E-state index in [1.54, 1.807) is 0 Å². The van der Waals surface area contributed by atoms with Gasteiger partial charge in [0, 0.05) is 0 Å². The first kappa shape index (κ1) is 9.58. The van der Waals surface area contributed by atoms with Crippen LogP contribution in [-0.4, -0.2) is 29.7 Å². The molecule has 0 heterocycles. The summed E-state index contributed by atoms with van der Waals surface area (Å²) >= 11 is 4.27. The summed E-state index contributed by atoms with van der Waals surface area (Å²) in [5.74, 6) is -1.46. The smallest absolute Gasteiger partial charge is 0.357 e. The van der Waals surface area contributed by atoms with Gasteiger partial charge in [-0.25, -0.2) is 4.79 Å². The van der Waals surface area contributed by atoms with Crippen molar-refractivity contribution in [2.75, 3.05) is 7.11 Å². The van der Waals surface area contributed by atoms with Crippen LogP contribution in [0.5, 0.6) is 0 Å². The maximum atomic E-state index is 11.8. The first-order chi connectivity index (χ1) is 4.39. The van der Waals surface area contributed by atoms with Gasteiger partial charge < -0.3 is 9.84 Å². The van der Waals surface area contributed by atoms with Crippen LogP contribution in [0, 0.1) is 0 Å². The number of alkyl halides is 3. The van der Waals surface area contributed by atoms with Crippen LogP contribution in [-0.2, 0) is 9.53 Å². The number of halogens is 3. The van der Waals surface area contributed by atoms with Crippen LogP contribution < -0.4 is 0 Å². The molecule has 0 saturated carbocycles. The molecule has 0 aromatic heterocycles. The number of carbonyl (C=O) groups excluding carboxylic acids is 1. The summed E-state index contributed by atoms with van der Waals surface area (Å²) in [6.45, 7) is 0. The van der Waals surface area contributed by atoms with E-state index in [4.69, 9.17) is 5.11 Å². The number of methoxy groups -OCH3 is 1. The Kier molecular flexibility index (Phi) is 2.98. The molecule has 0 aliphatic carbocycles. The number of hydrogen-bond acceptors (Lipinski definition) is 3. The van der Waals surface area contributed by atoms with E-state index in [0.29, 0.717) is 0 Å². The quantitative estimate of drug-likeness (QED) is 0.486. The van der Waals surface area contributed by atoms with E-state index in [9.17, 15) is 13.6 Å². The van der Waals surface area contributed by atoms with E-state index in [1.165, 1.54) is 0 Å². The van der Waals surface area contributed by atoms with Crippen molar-refractivity contribution in [2.45, 2.75) is 11.5 Å². The molecule has 0 amide bonds. The van der Waals surface area contributed by atoms with Crippen molar-refractivity contribution in [1.29, 1.82) is 0 Å². The summed E-state index contributed by atoms with van der Waals surface area (Å²) in [7, 11) is 0.869. The van der Waals surface area contributed by atoms with Gasteiger partial charge in [-0.15, -0.1) is 0 Å². The molecular formula is C4H5ClF2O3. The van der Waals surface area contributed by atoms with Gasteiger partial charge in [0.25, 0.3) is 0 Å². The summed E-state index contributed by atoms with van der Waals surface area (Å²) in [6, 6.07) is 0. The molecule has 0 rings (SSSR count). The first-order valence-electron chi connectivity index (χ1n) is 2.22. The summed E-state index contributed by atoms with van der Waals surface area (Å²) in [5, 5.41) is 4.33. The Hall–Kier alpha value is -0.420. The lowest BCUT2D eigenvalue weighted by Crippen LogP contribution is -2.36. The normalized spacial score (nSPS) is 14.5. The Balaban J connectivity index is 4.08. The number of aliphatic hydroxyl groups is 1. The van der Waals surface area contributed by atoms with E-state index in [1.807, 2.05) is 0 Å². The van der Waals surface area contributed by atoms with Crippen molar-refractivity contribution in [3.05, 3.63) is 0 Å². The second-order valence-electron chi connectivity index (χ2n) is 1.47. The molecule has 60 valence electrons. The van der Waals surface area contributed by atoms with Crippen molar-refractivity contribution < 1.29 is 23.4 Å². The standard InChI is InChI=1S/C4H5ClF2O3/c1-10-3(9)2(8)4(5,6)7/h2,8H,1H3. The highest BCUT2D eigenvalue weighted by Crippen LogP contribution is 2.23. The maximum Gasteiger partial charge on any atom is 0.357 e. The van der Waals surface area contributed by atoms with Gasteiger partial charge in [0.1, 0.15) is 0 Å². The largest absolute Gasteiger partial charge is 0.467 e. The van der Waals surface area contributed by atoms with Crippen LogP contribution in [0.3, 0.4) is 0 Å². The Morgan fingerprint density at radius 1 is 1.80 bits per heavy atom. The second-order valence-corrected chi connectivity index (χ2v) is 1.97. The van der Waals surface area contributed by atoms with Gasteiger partial charge in [0.15, 0.2) is 0 Å². The third-order valence-electron chi connectivity index (χ3n) is 0.734.